The molecule has 7 heteroatoms. The Hall–Kier alpha value is -3.35. The maximum Gasteiger partial charge on any atom is 0.255 e. The van der Waals surface area contributed by atoms with Crippen LogP contribution in [-0.4, -0.2) is 44.1 Å². The van der Waals surface area contributed by atoms with Crippen LogP contribution in [0.5, 0.6) is 0 Å². The Morgan fingerprint density at radius 3 is 2.89 bits per heavy atom. The highest BCUT2D eigenvalue weighted by Gasteiger charge is 2.26. The van der Waals surface area contributed by atoms with Crippen molar-refractivity contribution >= 4 is 17.5 Å². The van der Waals surface area contributed by atoms with E-state index in [1.54, 1.807) is 18.5 Å². The van der Waals surface area contributed by atoms with Gasteiger partial charge >= 0.3 is 0 Å². The highest BCUT2D eigenvalue weighted by atomic mass is 16.2. The SMILES string of the molecule is Cc1cccnc1Nc1cc([C@H]2CCCN(C(=O)c3ccnnc3)C2)ccn1. The number of carbonyl (C=O) groups excluding carboxylic acids is 1. The van der Waals surface area contributed by atoms with E-state index in [0.29, 0.717) is 12.1 Å². The molecule has 4 rings (SSSR count). The molecule has 1 amide bonds. The second-order valence-electron chi connectivity index (χ2n) is 6.99. The van der Waals surface area contributed by atoms with Gasteiger partial charge in [-0.25, -0.2) is 9.97 Å². The van der Waals surface area contributed by atoms with Crippen LogP contribution in [0.15, 0.2) is 55.1 Å². The van der Waals surface area contributed by atoms with E-state index in [1.807, 2.05) is 36.2 Å². The Morgan fingerprint density at radius 2 is 2.07 bits per heavy atom. The summed E-state index contributed by atoms with van der Waals surface area (Å²) in [6.07, 6.45) is 8.66. The lowest BCUT2D eigenvalue weighted by molar-refractivity contribution is 0.0706. The van der Waals surface area contributed by atoms with Crippen molar-refractivity contribution in [1.82, 2.24) is 25.1 Å². The molecule has 142 valence electrons. The maximum atomic E-state index is 12.7. The number of piperidine rings is 1. The number of hydrogen-bond acceptors (Lipinski definition) is 6. The standard InChI is InChI=1S/C21H22N6O/c1-15-4-2-8-23-20(15)26-19-12-16(6-9-22-19)18-5-3-11-27(14-18)21(28)17-7-10-24-25-13-17/h2,4,6-10,12-13,18H,3,5,11,14H2,1H3,(H,22,23,26)/t18-/m0/s1. The first kappa shape index (κ1) is 18.0. The first-order chi connectivity index (χ1) is 13.7. The van der Waals surface area contributed by atoms with Gasteiger partial charge in [-0.15, -0.1) is 0 Å². The first-order valence-electron chi connectivity index (χ1n) is 9.41. The van der Waals surface area contributed by atoms with Crippen LogP contribution in [0.1, 0.15) is 40.2 Å². The molecule has 1 atom stereocenters. The minimum atomic E-state index is 0.0103. The van der Waals surface area contributed by atoms with Gasteiger partial charge < -0.3 is 10.2 Å². The Kier molecular flexibility index (Phi) is 5.23. The topological polar surface area (TPSA) is 83.9 Å². The molecule has 0 spiro atoms. The fourth-order valence-corrected chi connectivity index (χ4v) is 3.54. The number of nitrogens with zero attached hydrogens (tertiary/aromatic N) is 5. The van der Waals surface area contributed by atoms with E-state index >= 15 is 0 Å². The Bertz CT molecular complexity index is 962. The quantitative estimate of drug-likeness (QED) is 0.754. The van der Waals surface area contributed by atoms with E-state index in [2.05, 4.69) is 31.5 Å². The van der Waals surface area contributed by atoms with Gasteiger partial charge in [-0.3, -0.25) is 4.79 Å². The van der Waals surface area contributed by atoms with Crippen LogP contribution in [0.4, 0.5) is 11.6 Å². The summed E-state index contributed by atoms with van der Waals surface area (Å²) in [4.78, 5) is 23.4. The molecule has 1 aliphatic rings. The summed E-state index contributed by atoms with van der Waals surface area (Å²) in [5.41, 5.74) is 2.82. The molecule has 0 saturated carbocycles. The fraction of sp³-hybridized carbons (Fsp3) is 0.286. The van der Waals surface area contributed by atoms with E-state index in [0.717, 1.165) is 36.6 Å². The van der Waals surface area contributed by atoms with E-state index in [-0.39, 0.29) is 11.8 Å². The molecule has 3 aromatic rings. The number of aryl methyl sites for hydroxylation is 1. The van der Waals surface area contributed by atoms with E-state index in [4.69, 9.17) is 0 Å². The molecule has 7 nitrogen and oxygen atoms in total. The molecule has 0 aromatic carbocycles. The molecule has 1 saturated heterocycles. The second-order valence-corrected chi connectivity index (χ2v) is 6.99. The van der Waals surface area contributed by atoms with Crippen molar-refractivity contribution < 1.29 is 4.79 Å². The summed E-state index contributed by atoms with van der Waals surface area (Å²) < 4.78 is 0. The number of amides is 1. The van der Waals surface area contributed by atoms with Gasteiger partial charge in [0.05, 0.1) is 18.0 Å². The molecule has 1 N–H and O–H groups in total. The number of pyridine rings is 2. The summed E-state index contributed by atoms with van der Waals surface area (Å²) >= 11 is 0. The molecule has 0 radical (unpaired) electrons. The van der Waals surface area contributed by atoms with Gasteiger partial charge in [0, 0.05) is 31.4 Å². The van der Waals surface area contributed by atoms with Crippen LogP contribution in [0.2, 0.25) is 0 Å². The molecular formula is C21H22N6O. The summed E-state index contributed by atoms with van der Waals surface area (Å²) in [6, 6.07) is 9.72. The Morgan fingerprint density at radius 1 is 1.14 bits per heavy atom. The van der Waals surface area contributed by atoms with E-state index in [1.165, 1.54) is 11.8 Å². The number of rotatable bonds is 4. The van der Waals surface area contributed by atoms with Gasteiger partial charge in [-0.05, 0) is 55.2 Å². The molecular weight excluding hydrogens is 352 g/mol. The first-order valence-corrected chi connectivity index (χ1v) is 9.41. The third-order valence-electron chi connectivity index (χ3n) is 5.05. The van der Waals surface area contributed by atoms with Crippen LogP contribution in [-0.2, 0) is 0 Å². The third-order valence-corrected chi connectivity index (χ3v) is 5.05. The average molecular weight is 374 g/mol. The number of aromatic nitrogens is 4. The molecule has 0 unspecified atom stereocenters. The zero-order valence-corrected chi connectivity index (χ0v) is 15.7. The maximum absolute atomic E-state index is 12.7. The van der Waals surface area contributed by atoms with Gasteiger partial charge in [-0.2, -0.15) is 10.2 Å². The lowest BCUT2D eigenvalue weighted by Crippen LogP contribution is -2.39. The van der Waals surface area contributed by atoms with Gasteiger partial charge in [0.2, 0.25) is 0 Å². The average Bonchev–Trinajstić information content (AvgIpc) is 2.76. The van der Waals surface area contributed by atoms with E-state index < -0.39 is 0 Å². The number of carbonyl (C=O) groups is 1. The van der Waals surface area contributed by atoms with Crippen molar-refractivity contribution in [2.45, 2.75) is 25.7 Å². The lowest BCUT2D eigenvalue weighted by Gasteiger charge is -2.33. The normalized spacial score (nSPS) is 16.6. The summed E-state index contributed by atoms with van der Waals surface area (Å²) in [5, 5.41) is 10.9. The van der Waals surface area contributed by atoms with Crippen molar-refractivity contribution in [3.05, 3.63) is 71.8 Å². The summed E-state index contributed by atoms with van der Waals surface area (Å²) in [7, 11) is 0. The summed E-state index contributed by atoms with van der Waals surface area (Å²) in [6.45, 7) is 3.46. The monoisotopic (exact) mass is 374 g/mol. The predicted octanol–water partition coefficient (Wildman–Crippen LogP) is 3.34. The van der Waals surface area contributed by atoms with Crippen LogP contribution >= 0.6 is 0 Å². The van der Waals surface area contributed by atoms with E-state index in [9.17, 15) is 4.79 Å². The van der Waals surface area contributed by atoms with Gasteiger partial charge in [0.25, 0.3) is 5.91 Å². The number of hydrogen-bond donors (Lipinski definition) is 1. The molecule has 1 fully saturated rings. The van der Waals surface area contributed by atoms with Gasteiger partial charge in [0.1, 0.15) is 11.6 Å². The van der Waals surface area contributed by atoms with Crippen molar-refractivity contribution in [2.75, 3.05) is 18.4 Å². The molecule has 4 heterocycles. The lowest BCUT2D eigenvalue weighted by atomic mass is 9.91. The zero-order valence-electron chi connectivity index (χ0n) is 15.7. The molecule has 0 aliphatic carbocycles. The zero-order chi connectivity index (χ0) is 19.3. The van der Waals surface area contributed by atoms with Crippen molar-refractivity contribution in [3.8, 4) is 0 Å². The van der Waals surface area contributed by atoms with Crippen LogP contribution in [0, 0.1) is 6.92 Å². The molecule has 28 heavy (non-hydrogen) atoms. The minimum absolute atomic E-state index is 0.0103. The Balaban J connectivity index is 1.49. The minimum Gasteiger partial charge on any atom is -0.338 e. The number of nitrogens with one attached hydrogen (secondary N) is 1. The molecule has 1 aliphatic heterocycles. The second kappa shape index (κ2) is 8.12. The van der Waals surface area contributed by atoms with Crippen LogP contribution in [0.3, 0.4) is 0 Å². The smallest absolute Gasteiger partial charge is 0.255 e. The van der Waals surface area contributed by atoms with Gasteiger partial charge in [0.15, 0.2) is 0 Å². The highest BCUT2D eigenvalue weighted by Crippen LogP contribution is 2.29. The van der Waals surface area contributed by atoms with Crippen LogP contribution in [0.25, 0.3) is 0 Å². The third kappa shape index (κ3) is 3.98. The highest BCUT2D eigenvalue weighted by molar-refractivity contribution is 5.93. The predicted molar refractivity (Wildman–Crippen MR) is 106 cm³/mol. The van der Waals surface area contributed by atoms with Crippen molar-refractivity contribution in [2.24, 2.45) is 0 Å². The van der Waals surface area contributed by atoms with Crippen LogP contribution < -0.4 is 5.32 Å². The molecule has 3 aromatic heterocycles. The Labute approximate surface area is 163 Å². The largest absolute Gasteiger partial charge is 0.338 e. The van der Waals surface area contributed by atoms with Crippen molar-refractivity contribution in [3.63, 3.8) is 0 Å². The fourth-order valence-electron chi connectivity index (χ4n) is 3.54. The number of likely N-dealkylation sites (tertiary alicyclic amines) is 1. The number of anilines is 2. The summed E-state index contributed by atoms with van der Waals surface area (Å²) in [5.74, 6) is 1.86. The molecule has 0 bridgehead atoms. The van der Waals surface area contributed by atoms with Crippen molar-refractivity contribution in [1.29, 1.82) is 0 Å². The van der Waals surface area contributed by atoms with Gasteiger partial charge in [-0.1, -0.05) is 6.07 Å².